The summed E-state index contributed by atoms with van der Waals surface area (Å²) in [5, 5.41) is 9.17. The van der Waals surface area contributed by atoms with E-state index in [9.17, 15) is 9.90 Å². The molecule has 0 spiro atoms. The molecule has 0 aliphatic heterocycles. The van der Waals surface area contributed by atoms with E-state index in [1.54, 1.807) is 19.2 Å². The molecule has 0 radical (unpaired) electrons. The first-order valence-electron chi connectivity index (χ1n) is 6.70. The van der Waals surface area contributed by atoms with Crippen molar-refractivity contribution < 1.29 is 19.4 Å². The van der Waals surface area contributed by atoms with Crippen molar-refractivity contribution in [2.45, 2.75) is 13.3 Å². The number of aromatic carboxylic acids is 1. The van der Waals surface area contributed by atoms with Gasteiger partial charge in [-0.1, -0.05) is 23.8 Å². The van der Waals surface area contributed by atoms with Gasteiger partial charge in [-0.3, -0.25) is 0 Å². The number of rotatable bonds is 6. The highest BCUT2D eigenvalue weighted by atomic mass is 16.5. The van der Waals surface area contributed by atoms with Gasteiger partial charge < -0.3 is 14.6 Å². The summed E-state index contributed by atoms with van der Waals surface area (Å²) in [7, 11) is 1.63. The first kappa shape index (κ1) is 14.9. The lowest BCUT2D eigenvalue weighted by Crippen LogP contribution is -2.06. The minimum atomic E-state index is -0.974. The highest BCUT2D eigenvalue weighted by molar-refractivity contribution is 5.91. The normalized spacial score (nSPS) is 10.2. The number of carbonyl (C=O) groups is 1. The fourth-order valence-electron chi connectivity index (χ4n) is 2.01. The molecule has 0 amide bonds. The van der Waals surface area contributed by atoms with Crippen LogP contribution in [0.5, 0.6) is 11.5 Å². The quantitative estimate of drug-likeness (QED) is 0.885. The van der Waals surface area contributed by atoms with Gasteiger partial charge in [-0.2, -0.15) is 0 Å². The largest absolute Gasteiger partial charge is 0.497 e. The van der Waals surface area contributed by atoms with Crippen LogP contribution in [-0.2, 0) is 6.42 Å². The van der Waals surface area contributed by atoms with Gasteiger partial charge in [0.25, 0.3) is 0 Å². The van der Waals surface area contributed by atoms with Gasteiger partial charge in [0.1, 0.15) is 17.1 Å². The zero-order valence-electron chi connectivity index (χ0n) is 12.1. The number of ether oxygens (including phenoxy) is 2. The Kier molecular flexibility index (Phi) is 4.82. The molecule has 110 valence electrons. The third-order valence-corrected chi connectivity index (χ3v) is 3.17. The van der Waals surface area contributed by atoms with Crippen LogP contribution in [-0.4, -0.2) is 24.8 Å². The minimum Gasteiger partial charge on any atom is -0.497 e. The third-order valence-electron chi connectivity index (χ3n) is 3.17. The van der Waals surface area contributed by atoms with Crippen LogP contribution in [0, 0.1) is 6.92 Å². The summed E-state index contributed by atoms with van der Waals surface area (Å²) >= 11 is 0. The fraction of sp³-hybridized carbons (Fsp3) is 0.235. The molecule has 0 heterocycles. The Morgan fingerprint density at radius 2 is 1.86 bits per heavy atom. The summed E-state index contributed by atoms with van der Waals surface area (Å²) in [5.74, 6) is 0.242. The van der Waals surface area contributed by atoms with Crippen molar-refractivity contribution in [1.29, 1.82) is 0 Å². The molecule has 0 saturated heterocycles. The molecule has 2 aromatic rings. The van der Waals surface area contributed by atoms with Gasteiger partial charge in [-0.05, 0) is 36.8 Å². The molecule has 0 bridgehead atoms. The Hall–Kier alpha value is -2.49. The number of methoxy groups -OCH3 is 1. The minimum absolute atomic E-state index is 0.199. The summed E-state index contributed by atoms with van der Waals surface area (Å²) in [6, 6.07) is 12.9. The van der Waals surface area contributed by atoms with E-state index in [-0.39, 0.29) is 5.56 Å². The lowest BCUT2D eigenvalue weighted by atomic mass is 10.1. The van der Waals surface area contributed by atoms with Crippen LogP contribution in [0.4, 0.5) is 0 Å². The molecular weight excluding hydrogens is 268 g/mol. The standard InChI is InChI=1S/C17H18O4/c1-12-3-8-16(15(11-12)17(18)19)21-10-9-13-4-6-14(20-2)7-5-13/h3-8,11H,9-10H2,1-2H3,(H,18,19). The van der Waals surface area contributed by atoms with Crippen LogP contribution < -0.4 is 9.47 Å². The topological polar surface area (TPSA) is 55.8 Å². The highest BCUT2D eigenvalue weighted by Gasteiger charge is 2.11. The van der Waals surface area contributed by atoms with Crippen LogP contribution >= 0.6 is 0 Å². The van der Waals surface area contributed by atoms with Gasteiger partial charge in [0, 0.05) is 6.42 Å². The molecular formula is C17H18O4. The first-order chi connectivity index (χ1) is 10.1. The van der Waals surface area contributed by atoms with Crippen LogP contribution in [0.3, 0.4) is 0 Å². The van der Waals surface area contributed by atoms with Crippen molar-refractivity contribution in [3.8, 4) is 11.5 Å². The van der Waals surface area contributed by atoms with E-state index in [4.69, 9.17) is 9.47 Å². The maximum Gasteiger partial charge on any atom is 0.339 e. The maximum absolute atomic E-state index is 11.2. The Labute approximate surface area is 123 Å². The molecule has 0 saturated carbocycles. The van der Waals surface area contributed by atoms with E-state index < -0.39 is 5.97 Å². The van der Waals surface area contributed by atoms with Gasteiger partial charge in [-0.15, -0.1) is 0 Å². The Morgan fingerprint density at radius 1 is 1.14 bits per heavy atom. The summed E-state index contributed by atoms with van der Waals surface area (Å²) in [4.78, 5) is 11.2. The Bertz CT molecular complexity index is 617. The lowest BCUT2D eigenvalue weighted by molar-refractivity contribution is 0.0692. The number of carboxylic acids is 1. The van der Waals surface area contributed by atoms with Crippen molar-refractivity contribution >= 4 is 5.97 Å². The second kappa shape index (κ2) is 6.79. The van der Waals surface area contributed by atoms with Crippen molar-refractivity contribution in [3.63, 3.8) is 0 Å². The van der Waals surface area contributed by atoms with Crippen molar-refractivity contribution in [3.05, 3.63) is 59.2 Å². The second-order valence-electron chi connectivity index (χ2n) is 4.75. The monoisotopic (exact) mass is 286 g/mol. The fourth-order valence-corrected chi connectivity index (χ4v) is 2.01. The SMILES string of the molecule is COc1ccc(CCOc2ccc(C)cc2C(=O)O)cc1. The molecule has 0 fully saturated rings. The number of benzene rings is 2. The van der Waals surface area contributed by atoms with Crippen LogP contribution in [0.1, 0.15) is 21.5 Å². The van der Waals surface area contributed by atoms with Gasteiger partial charge in [0.15, 0.2) is 0 Å². The third kappa shape index (κ3) is 3.99. The molecule has 4 heteroatoms. The number of aryl methyl sites for hydroxylation is 1. The first-order valence-corrected chi connectivity index (χ1v) is 6.70. The summed E-state index contributed by atoms with van der Waals surface area (Å²) in [5.41, 5.74) is 2.21. The van der Waals surface area contributed by atoms with Crippen molar-refractivity contribution in [1.82, 2.24) is 0 Å². The van der Waals surface area contributed by atoms with Gasteiger partial charge in [0.05, 0.1) is 13.7 Å². The second-order valence-corrected chi connectivity index (χ2v) is 4.75. The van der Waals surface area contributed by atoms with E-state index in [2.05, 4.69) is 0 Å². The maximum atomic E-state index is 11.2. The van der Waals surface area contributed by atoms with Crippen LogP contribution in [0.25, 0.3) is 0 Å². The number of hydrogen-bond acceptors (Lipinski definition) is 3. The molecule has 0 aliphatic rings. The summed E-state index contributed by atoms with van der Waals surface area (Å²) < 4.78 is 10.7. The van der Waals surface area contributed by atoms with E-state index in [1.807, 2.05) is 37.3 Å². The van der Waals surface area contributed by atoms with Crippen molar-refractivity contribution in [2.75, 3.05) is 13.7 Å². The smallest absolute Gasteiger partial charge is 0.339 e. The molecule has 0 aliphatic carbocycles. The summed E-state index contributed by atoms with van der Waals surface area (Å²) in [6.07, 6.45) is 0.705. The predicted octanol–water partition coefficient (Wildman–Crippen LogP) is 3.32. The average molecular weight is 286 g/mol. The van der Waals surface area contributed by atoms with E-state index in [0.29, 0.717) is 18.8 Å². The molecule has 2 rings (SSSR count). The zero-order chi connectivity index (χ0) is 15.2. The molecule has 0 atom stereocenters. The lowest BCUT2D eigenvalue weighted by Gasteiger charge is -2.10. The zero-order valence-corrected chi connectivity index (χ0v) is 12.1. The number of hydrogen-bond donors (Lipinski definition) is 1. The average Bonchev–Trinajstić information content (AvgIpc) is 2.49. The van der Waals surface area contributed by atoms with Crippen LogP contribution in [0.15, 0.2) is 42.5 Å². The van der Waals surface area contributed by atoms with E-state index in [1.165, 1.54) is 0 Å². The molecule has 2 aromatic carbocycles. The van der Waals surface area contributed by atoms with E-state index in [0.717, 1.165) is 16.9 Å². The molecule has 0 unspecified atom stereocenters. The molecule has 4 nitrogen and oxygen atoms in total. The Balaban J connectivity index is 1.98. The van der Waals surface area contributed by atoms with Gasteiger partial charge in [-0.25, -0.2) is 4.79 Å². The summed E-state index contributed by atoms with van der Waals surface area (Å²) in [6.45, 7) is 2.28. The molecule has 0 aromatic heterocycles. The highest BCUT2D eigenvalue weighted by Crippen LogP contribution is 2.20. The van der Waals surface area contributed by atoms with Crippen LogP contribution in [0.2, 0.25) is 0 Å². The van der Waals surface area contributed by atoms with Gasteiger partial charge in [0.2, 0.25) is 0 Å². The molecule has 1 N–H and O–H groups in total. The van der Waals surface area contributed by atoms with E-state index >= 15 is 0 Å². The molecule has 21 heavy (non-hydrogen) atoms. The predicted molar refractivity (Wildman–Crippen MR) is 80.3 cm³/mol. The van der Waals surface area contributed by atoms with Gasteiger partial charge >= 0.3 is 5.97 Å². The van der Waals surface area contributed by atoms with Crippen molar-refractivity contribution in [2.24, 2.45) is 0 Å². The number of carboxylic acid groups (broad SMARTS) is 1. The Morgan fingerprint density at radius 3 is 2.48 bits per heavy atom.